The fourth-order valence-corrected chi connectivity index (χ4v) is 1.52. The average molecular weight is 108 g/mol. The summed E-state index contributed by atoms with van der Waals surface area (Å²) in [5.74, 6) is 0. The predicted octanol–water partition coefficient (Wildman–Crippen LogP) is 1.16. The number of rotatable bonds is 0. The van der Waals surface area contributed by atoms with Gasteiger partial charge in [-0.3, -0.25) is 0 Å². The van der Waals surface area contributed by atoms with E-state index < -0.39 is 0 Å². The summed E-state index contributed by atoms with van der Waals surface area (Å²) < 4.78 is 0. The van der Waals surface area contributed by atoms with Crippen LogP contribution in [0.5, 0.6) is 0 Å². The van der Waals surface area contributed by atoms with Gasteiger partial charge in [0.05, 0.1) is 0 Å². The van der Waals surface area contributed by atoms with Crippen LogP contribution < -0.4 is 0 Å². The van der Waals surface area contributed by atoms with Crippen LogP contribution in [0.1, 0.15) is 0 Å². The van der Waals surface area contributed by atoms with Crippen molar-refractivity contribution >= 4 is 14.6 Å². The summed E-state index contributed by atoms with van der Waals surface area (Å²) in [4.78, 5) is 0. The highest BCUT2D eigenvalue weighted by Gasteiger charge is 1.86. The lowest BCUT2D eigenvalue weighted by atomic mass is 10.5. The van der Waals surface area contributed by atoms with Gasteiger partial charge in [0.25, 0.3) is 0 Å². The molecule has 1 aliphatic rings. The van der Waals surface area contributed by atoms with Crippen LogP contribution in [0.3, 0.4) is 0 Å². The van der Waals surface area contributed by atoms with E-state index >= 15 is 0 Å². The summed E-state index contributed by atoms with van der Waals surface area (Å²) >= 11 is 0. The molecule has 0 unspecified atom stereocenters. The molecule has 0 aromatic heterocycles. The maximum atomic E-state index is 3.96. The third-order valence-corrected chi connectivity index (χ3v) is 2.38. The normalized spacial score (nSPS) is 18.0. The molecule has 0 aliphatic carbocycles. The molecular weight excluding hydrogens is 100 g/mol. The molecule has 1 heteroatoms. The number of hydrogen-bond acceptors (Lipinski definition) is 0. The molecule has 0 amide bonds. The molecular formula is C6H8Si. The summed E-state index contributed by atoms with van der Waals surface area (Å²) in [7, 11) is -0.310. The Hall–Kier alpha value is -0.433. The third-order valence-electron chi connectivity index (χ3n) is 0.959. The van der Waals surface area contributed by atoms with Gasteiger partial charge in [-0.25, -0.2) is 0 Å². The standard InChI is InChI=1S/C6H8Si/c1-7-5-3-2-4-6-7/h2-5H,1,6H2. The smallest absolute Gasteiger partial charge is 0.0333 e. The van der Waals surface area contributed by atoms with Crippen molar-refractivity contribution in [3.05, 3.63) is 23.9 Å². The van der Waals surface area contributed by atoms with E-state index in [4.69, 9.17) is 0 Å². The Kier molecular flexibility index (Phi) is 1.37. The van der Waals surface area contributed by atoms with Crippen molar-refractivity contribution in [2.45, 2.75) is 6.04 Å². The fraction of sp³-hybridized carbons (Fsp3) is 0.167. The van der Waals surface area contributed by atoms with Gasteiger partial charge < -0.3 is 0 Å². The topological polar surface area (TPSA) is 0 Å². The van der Waals surface area contributed by atoms with E-state index in [0.717, 1.165) is 0 Å². The van der Waals surface area contributed by atoms with Crippen LogP contribution in [0.4, 0.5) is 0 Å². The maximum Gasteiger partial charge on any atom is 0.0333 e. The second-order valence-corrected chi connectivity index (χ2v) is 3.71. The van der Waals surface area contributed by atoms with Crippen LogP contribution in [0.2, 0.25) is 6.04 Å². The molecule has 0 bridgehead atoms. The van der Waals surface area contributed by atoms with E-state index in [-0.39, 0.29) is 8.41 Å². The van der Waals surface area contributed by atoms with Crippen molar-refractivity contribution in [3.8, 4) is 0 Å². The lowest BCUT2D eigenvalue weighted by Gasteiger charge is -1.93. The molecule has 0 N–H and O–H groups in total. The quantitative estimate of drug-likeness (QED) is 0.408. The second-order valence-electron chi connectivity index (χ2n) is 1.65. The van der Waals surface area contributed by atoms with Gasteiger partial charge in [-0.1, -0.05) is 23.9 Å². The molecule has 0 aromatic rings. The maximum absolute atomic E-state index is 3.96. The Labute approximate surface area is 45.4 Å². The van der Waals surface area contributed by atoms with Gasteiger partial charge >= 0.3 is 0 Å². The lowest BCUT2D eigenvalue weighted by molar-refractivity contribution is 1.65. The number of allylic oxidation sites excluding steroid dienone is 3. The molecule has 0 saturated heterocycles. The molecule has 0 aromatic carbocycles. The minimum Gasteiger partial charge on any atom is -0.114 e. The van der Waals surface area contributed by atoms with Crippen LogP contribution >= 0.6 is 0 Å². The highest BCUT2D eigenvalue weighted by molar-refractivity contribution is 6.67. The zero-order chi connectivity index (χ0) is 5.11. The Balaban J connectivity index is 2.66. The lowest BCUT2D eigenvalue weighted by Crippen LogP contribution is -1.94. The first-order chi connectivity index (χ1) is 3.39. The van der Waals surface area contributed by atoms with Crippen LogP contribution in [-0.2, 0) is 0 Å². The van der Waals surface area contributed by atoms with Gasteiger partial charge in [0.15, 0.2) is 0 Å². The molecule has 0 saturated carbocycles. The van der Waals surface area contributed by atoms with Crippen LogP contribution in [0, 0.1) is 0 Å². The summed E-state index contributed by atoms with van der Waals surface area (Å²) in [5.41, 5.74) is 2.21. The molecule has 0 radical (unpaired) electrons. The Morgan fingerprint density at radius 3 is 2.57 bits per heavy atom. The molecule has 0 fully saturated rings. The molecule has 7 heavy (non-hydrogen) atoms. The van der Waals surface area contributed by atoms with E-state index in [2.05, 4.69) is 30.1 Å². The van der Waals surface area contributed by atoms with Gasteiger partial charge in [0.1, 0.15) is 0 Å². The minimum atomic E-state index is -0.310. The largest absolute Gasteiger partial charge is 0.114 e. The average Bonchev–Trinajstić information content (AvgIpc) is 1.69. The van der Waals surface area contributed by atoms with Crippen molar-refractivity contribution in [3.63, 3.8) is 0 Å². The van der Waals surface area contributed by atoms with Gasteiger partial charge in [-0.05, 0) is 6.04 Å². The molecule has 0 nitrogen and oxygen atoms in total. The van der Waals surface area contributed by atoms with Crippen molar-refractivity contribution in [1.29, 1.82) is 0 Å². The zero-order valence-electron chi connectivity index (χ0n) is 4.22. The fourth-order valence-electron chi connectivity index (χ4n) is 0.558. The van der Waals surface area contributed by atoms with Crippen LogP contribution in [0.25, 0.3) is 0 Å². The Morgan fingerprint density at radius 2 is 2.29 bits per heavy atom. The van der Waals surface area contributed by atoms with Gasteiger partial charge in [-0.15, -0.1) is 6.17 Å². The van der Waals surface area contributed by atoms with Crippen LogP contribution in [0.15, 0.2) is 23.9 Å². The molecule has 1 aliphatic heterocycles. The molecule has 1 heterocycles. The zero-order valence-corrected chi connectivity index (χ0v) is 5.22. The van der Waals surface area contributed by atoms with Crippen molar-refractivity contribution in [1.82, 2.24) is 0 Å². The molecule has 0 atom stereocenters. The van der Waals surface area contributed by atoms with Crippen molar-refractivity contribution in [2.75, 3.05) is 0 Å². The van der Waals surface area contributed by atoms with Gasteiger partial charge in [0, 0.05) is 8.41 Å². The van der Waals surface area contributed by atoms with E-state index in [1.165, 1.54) is 6.04 Å². The number of hydrogen-bond donors (Lipinski definition) is 0. The molecule has 0 spiro atoms. The first kappa shape index (κ1) is 4.72. The summed E-state index contributed by atoms with van der Waals surface area (Å²) in [6.07, 6.45) is 10.3. The van der Waals surface area contributed by atoms with E-state index in [0.29, 0.717) is 0 Å². The summed E-state index contributed by atoms with van der Waals surface area (Å²) in [5, 5.41) is 0. The second kappa shape index (κ2) is 2.03. The van der Waals surface area contributed by atoms with Gasteiger partial charge in [0.2, 0.25) is 0 Å². The first-order valence-electron chi connectivity index (χ1n) is 2.40. The SMILES string of the molecule is C=[Si]1C=CC=CC1. The van der Waals surface area contributed by atoms with E-state index in [1.807, 2.05) is 0 Å². The highest BCUT2D eigenvalue weighted by atomic mass is 28.2. The minimum absolute atomic E-state index is 0.310. The third kappa shape index (κ3) is 1.24. The summed E-state index contributed by atoms with van der Waals surface area (Å²) in [6.45, 7) is 0. The monoisotopic (exact) mass is 108 g/mol. The highest BCUT2D eigenvalue weighted by Crippen LogP contribution is 1.93. The van der Waals surface area contributed by atoms with Crippen molar-refractivity contribution in [2.24, 2.45) is 0 Å². The Morgan fingerprint density at radius 1 is 1.43 bits per heavy atom. The van der Waals surface area contributed by atoms with Crippen molar-refractivity contribution < 1.29 is 0 Å². The molecule has 36 valence electrons. The van der Waals surface area contributed by atoms with E-state index in [9.17, 15) is 0 Å². The van der Waals surface area contributed by atoms with Crippen LogP contribution in [-0.4, -0.2) is 14.6 Å². The molecule has 1 rings (SSSR count). The van der Waals surface area contributed by atoms with Gasteiger partial charge in [-0.2, -0.15) is 0 Å². The Bertz CT molecular complexity index is 131. The van der Waals surface area contributed by atoms with E-state index in [1.54, 1.807) is 0 Å². The summed E-state index contributed by atoms with van der Waals surface area (Å²) in [6, 6.07) is 1.21. The first-order valence-corrected chi connectivity index (χ1v) is 4.40. The predicted molar refractivity (Wildman–Crippen MR) is 36.0 cm³/mol.